The van der Waals surface area contributed by atoms with Crippen molar-refractivity contribution in [3.63, 3.8) is 0 Å². The number of ether oxygens (including phenoxy) is 1. The van der Waals surface area contributed by atoms with Gasteiger partial charge in [0.15, 0.2) is 33.1 Å². The Hall–Kier alpha value is -3.21. The van der Waals surface area contributed by atoms with Gasteiger partial charge in [0.25, 0.3) is 5.56 Å². The maximum atomic E-state index is 14.1. The van der Waals surface area contributed by atoms with Crippen LogP contribution in [0.1, 0.15) is 31.2 Å². The maximum absolute atomic E-state index is 14.1. The third kappa shape index (κ3) is 5.52. The number of hydrogen-bond donors (Lipinski definition) is 0. The summed E-state index contributed by atoms with van der Waals surface area (Å²) in [6.07, 6.45) is 2.64. The molecule has 2 aromatic heterocycles. The highest BCUT2D eigenvalue weighted by Gasteiger charge is 2.20. The summed E-state index contributed by atoms with van der Waals surface area (Å²) in [5, 5.41) is 0. The van der Waals surface area contributed by atoms with Crippen LogP contribution < -0.4 is 10.3 Å². The molecule has 32 heavy (non-hydrogen) atoms. The monoisotopic (exact) mass is 464 g/mol. The van der Waals surface area contributed by atoms with E-state index in [0.29, 0.717) is 24.0 Å². The summed E-state index contributed by atoms with van der Waals surface area (Å²) in [5.41, 5.74) is 0.568. The predicted octanol–water partition coefficient (Wildman–Crippen LogP) is 3.33. The van der Waals surface area contributed by atoms with Crippen LogP contribution in [0.5, 0.6) is 11.8 Å². The van der Waals surface area contributed by atoms with Crippen LogP contribution in [0, 0.1) is 18.6 Å². The van der Waals surface area contributed by atoms with Gasteiger partial charge in [-0.05, 0) is 31.5 Å². The highest BCUT2D eigenvalue weighted by molar-refractivity contribution is 7.90. The number of nitrogens with zero attached hydrogens (tertiary/aromatic N) is 4. The molecule has 2 heterocycles. The lowest BCUT2D eigenvalue weighted by Crippen LogP contribution is -2.19. The number of rotatable bonds is 8. The van der Waals surface area contributed by atoms with Crippen molar-refractivity contribution in [2.24, 2.45) is 7.05 Å². The molecule has 170 valence electrons. The first kappa shape index (κ1) is 23.5. The number of aromatic nitrogens is 4. The first-order valence-corrected chi connectivity index (χ1v) is 11.7. The van der Waals surface area contributed by atoms with Crippen LogP contribution in [0.15, 0.2) is 35.3 Å². The zero-order chi connectivity index (χ0) is 23.5. The second kappa shape index (κ2) is 9.51. The molecule has 0 bridgehead atoms. The molecule has 0 aliphatic carbocycles. The Morgan fingerprint density at radius 1 is 1.12 bits per heavy atom. The van der Waals surface area contributed by atoms with Gasteiger partial charge in [0.1, 0.15) is 5.75 Å². The van der Waals surface area contributed by atoms with Crippen molar-refractivity contribution >= 4 is 9.84 Å². The lowest BCUT2D eigenvalue weighted by molar-refractivity contribution is 0.380. The van der Waals surface area contributed by atoms with Crippen LogP contribution in [0.2, 0.25) is 0 Å². The average molecular weight is 464 g/mol. The van der Waals surface area contributed by atoms with E-state index in [2.05, 4.69) is 15.0 Å². The van der Waals surface area contributed by atoms with Gasteiger partial charge in [-0.2, -0.15) is 9.97 Å². The first-order chi connectivity index (χ1) is 15.1. The maximum Gasteiger partial charge on any atom is 0.326 e. The summed E-state index contributed by atoms with van der Waals surface area (Å²) in [6, 6.07) is 4.25. The van der Waals surface area contributed by atoms with E-state index in [9.17, 15) is 22.0 Å². The second-order valence-corrected chi connectivity index (χ2v) is 9.47. The van der Waals surface area contributed by atoms with Crippen LogP contribution in [0.25, 0.3) is 11.4 Å². The molecule has 0 saturated carbocycles. The lowest BCUT2D eigenvalue weighted by atomic mass is 10.2. The molecule has 0 fully saturated rings. The van der Waals surface area contributed by atoms with E-state index in [0.717, 1.165) is 12.1 Å². The Bertz CT molecular complexity index is 1260. The fraction of sp³-hybridized carbons (Fsp3) is 0.333. The fourth-order valence-corrected chi connectivity index (χ4v) is 4.34. The minimum Gasteiger partial charge on any atom is -0.418 e. The number of unbranched alkanes of at least 4 members (excludes halogenated alkanes) is 1. The quantitative estimate of drug-likeness (QED) is 0.504. The van der Waals surface area contributed by atoms with Gasteiger partial charge in [-0.1, -0.05) is 19.4 Å². The number of hydrogen-bond acceptors (Lipinski definition) is 7. The molecule has 0 aliphatic heterocycles. The molecule has 8 nitrogen and oxygen atoms in total. The Labute approximate surface area is 183 Å². The van der Waals surface area contributed by atoms with E-state index in [1.807, 2.05) is 6.92 Å². The normalized spacial score (nSPS) is 11.5. The third-order valence-corrected chi connectivity index (χ3v) is 6.16. The van der Waals surface area contributed by atoms with Gasteiger partial charge in [0, 0.05) is 24.4 Å². The number of halogens is 2. The molecule has 11 heteroatoms. The number of para-hydroxylation sites is 1. The van der Waals surface area contributed by atoms with Gasteiger partial charge in [-0.25, -0.2) is 22.2 Å². The van der Waals surface area contributed by atoms with E-state index >= 15 is 0 Å². The minimum atomic E-state index is -3.54. The number of pyridine rings is 1. The predicted molar refractivity (Wildman–Crippen MR) is 114 cm³/mol. The Morgan fingerprint density at radius 3 is 2.44 bits per heavy atom. The van der Waals surface area contributed by atoms with E-state index in [1.165, 1.54) is 22.9 Å². The molecule has 3 aromatic rings. The molecule has 0 atom stereocenters. The summed E-state index contributed by atoms with van der Waals surface area (Å²) in [5.74, 6) is -3.34. The van der Waals surface area contributed by atoms with Gasteiger partial charge < -0.3 is 9.30 Å². The topological polar surface area (TPSA) is 104 Å². The highest BCUT2D eigenvalue weighted by Crippen LogP contribution is 2.27. The van der Waals surface area contributed by atoms with Crippen LogP contribution >= 0.6 is 0 Å². The van der Waals surface area contributed by atoms with Crippen LogP contribution in [-0.2, 0) is 22.6 Å². The van der Waals surface area contributed by atoms with E-state index in [1.54, 1.807) is 14.0 Å². The molecule has 0 spiro atoms. The number of benzene rings is 1. The molecule has 0 amide bonds. The van der Waals surface area contributed by atoms with Gasteiger partial charge >= 0.3 is 6.01 Å². The van der Waals surface area contributed by atoms with Crippen LogP contribution in [-0.4, -0.2) is 33.7 Å². The molecular formula is C21H22F2N4O4S. The Kier molecular flexibility index (Phi) is 6.97. The SMILES string of the molecule is CCCCS(=O)(=O)Cc1nc(Oc2c(F)cccc2F)nc(-c2cc(C)c(=O)n(C)c2)n1. The van der Waals surface area contributed by atoms with E-state index in [-0.39, 0.29) is 23.0 Å². The highest BCUT2D eigenvalue weighted by atomic mass is 32.2. The molecule has 0 radical (unpaired) electrons. The molecular weight excluding hydrogens is 442 g/mol. The zero-order valence-corrected chi connectivity index (χ0v) is 18.6. The molecule has 0 saturated heterocycles. The van der Waals surface area contributed by atoms with E-state index < -0.39 is 39.0 Å². The minimum absolute atomic E-state index is 0.00568. The summed E-state index contributed by atoms with van der Waals surface area (Å²) in [6.45, 7) is 3.47. The number of sulfone groups is 1. The average Bonchev–Trinajstić information content (AvgIpc) is 2.72. The Morgan fingerprint density at radius 2 is 1.81 bits per heavy atom. The van der Waals surface area contributed by atoms with Crippen molar-refractivity contribution in [1.29, 1.82) is 0 Å². The zero-order valence-electron chi connectivity index (χ0n) is 17.8. The molecule has 0 aliphatic rings. The first-order valence-electron chi connectivity index (χ1n) is 9.84. The molecule has 1 aromatic carbocycles. The van der Waals surface area contributed by atoms with Crippen molar-refractivity contribution in [2.45, 2.75) is 32.4 Å². The summed E-state index contributed by atoms with van der Waals surface area (Å²) in [7, 11) is -1.99. The van der Waals surface area contributed by atoms with Crippen molar-refractivity contribution in [3.8, 4) is 23.1 Å². The van der Waals surface area contributed by atoms with Crippen molar-refractivity contribution in [3.05, 3.63) is 63.8 Å². The second-order valence-electron chi connectivity index (χ2n) is 7.28. The smallest absolute Gasteiger partial charge is 0.326 e. The van der Waals surface area contributed by atoms with Gasteiger partial charge in [0.05, 0.1) is 5.75 Å². The van der Waals surface area contributed by atoms with Crippen LogP contribution in [0.4, 0.5) is 8.78 Å². The number of aryl methyl sites for hydroxylation is 2. The van der Waals surface area contributed by atoms with Crippen molar-refractivity contribution < 1.29 is 21.9 Å². The molecule has 3 rings (SSSR count). The summed E-state index contributed by atoms with van der Waals surface area (Å²) < 4.78 is 59.5. The van der Waals surface area contributed by atoms with Gasteiger partial charge in [-0.15, -0.1) is 0 Å². The third-order valence-electron chi connectivity index (χ3n) is 4.55. The van der Waals surface area contributed by atoms with E-state index in [4.69, 9.17) is 4.74 Å². The van der Waals surface area contributed by atoms with Gasteiger partial charge in [-0.3, -0.25) is 4.79 Å². The fourth-order valence-electron chi connectivity index (χ4n) is 2.94. The summed E-state index contributed by atoms with van der Waals surface area (Å²) >= 11 is 0. The lowest BCUT2D eigenvalue weighted by Gasteiger charge is -2.11. The molecule has 0 unspecified atom stereocenters. The largest absolute Gasteiger partial charge is 0.418 e. The van der Waals surface area contributed by atoms with Crippen molar-refractivity contribution in [2.75, 3.05) is 5.75 Å². The standard InChI is InChI=1S/C21H22F2N4O4S/c1-4-5-9-32(29,30)12-17-24-19(14-10-13(2)20(28)27(3)11-14)26-21(25-17)31-18-15(22)7-6-8-16(18)23/h6-8,10-11H,4-5,9,12H2,1-3H3. The summed E-state index contributed by atoms with van der Waals surface area (Å²) in [4.78, 5) is 24.3. The van der Waals surface area contributed by atoms with Gasteiger partial charge in [0.2, 0.25) is 5.75 Å². The molecule has 0 N–H and O–H groups in total. The van der Waals surface area contributed by atoms with Crippen LogP contribution in [0.3, 0.4) is 0 Å². The van der Waals surface area contributed by atoms with Crippen molar-refractivity contribution in [1.82, 2.24) is 19.5 Å². The Balaban J connectivity index is 2.10.